The molecule has 7 heteroatoms. The summed E-state index contributed by atoms with van der Waals surface area (Å²) in [6, 6.07) is 13.6. The summed E-state index contributed by atoms with van der Waals surface area (Å²) < 4.78 is 0.787. The maximum atomic E-state index is 12.5. The average Bonchev–Trinajstić information content (AvgIpc) is 2.63. The van der Waals surface area contributed by atoms with Gasteiger partial charge in [-0.05, 0) is 35.9 Å². The number of hydrogen-bond donors (Lipinski definition) is 2. The monoisotopic (exact) mass is 431 g/mol. The van der Waals surface area contributed by atoms with Gasteiger partial charge in [-0.25, -0.2) is 0 Å². The Morgan fingerprint density at radius 2 is 1.96 bits per heavy atom. The van der Waals surface area contributed by atoms with Gasteiger partial charge in [-0.1, -0.05) is 45.7 Å². The second-order valence-electron chi connectivity index (χ2n) is 5.78. The van der Waals surface area contributed by atoms with E-state index < -0.39 is 17.9 Å². The highest BCUT2D eigenvalue weighted by Gasteiger charge is 2.21. The molecular formula is C19H15BrClN3O2. The Morgan fingerprint density at radius 3 is 2.73 bits per heavy atom. The van der Waals surface area contributed by atoms with Gasteiger partial charge in [-0.3, -0.25) is 14.6 Å². The van der Waals surface area contributed by atoms with Gasteiger partial charge < -0.3 is 11.1 Å². The molecule has 5 nitrogen and oxygen atoms in total. The minimum atomic E-state index is -0.872. The summed E-state index contributed by atoms with van der Waals surface area (Å²) in [5.74, 6) is -1.04. The fourth-order valence-corrected chi connectivity index (χ4v) is 3.18. The Kier molecular flexibility index (Phi) is 5.54. The number of nitrogens with one attached hydrogen (secondary N) is 1. The van der Waals surface area contributed by atoms with Gasteiger partial charge in [0, 0.05) is 27.5 Å². The number of hydrogen-bond acceptors (Lipinski definition) is 3. The third kappa shape index (κ3) is 4.20. The van der Waals surface area contributed by atoms with Crippen LogP contribution in [0.3, 0.4) is 0 Å². The van der Waals surface area contributed by atoms with E-state index >= 15 is 0 Å². The summed E-state index contributed by atoms with van der Waals surface area (Å²) in [6.45, 7) is 0. The highest BCUT2D eigenvalue weighted by molar-refractivity contribution is 9.10. The smallest absolute Gasteiger partial charge is 0.253 e. The number of halogens is 2. The highest BCUT2D eigenvalue weighted by Crippen LogP contribution is 2.22. The lowest BCUT2D eigenvalue weighted by Gasteiger charge is -2.17. The molecule has 0 saturated carbocycles. The van der Waals surface area contributed by atoms with E-state index in [1.807, 2.05) is 24.3 Å². The highest BCUT2D eigenvalue weighted by atomic mass is 79.9. The number of benzene rings is 2. The fraction of sp³-hybridized carbons (Fsp3) is 0.105. The maximum Gasteiger partial charge on any atom is 0.253 e. The van der Waals surface area contributed by atoms with Gasteiger partial charge in [0.15, 0.2) is 0 Å². The maximum absolute atomic E-state index is 12.5. The molecule has 0 radical (unpaired) electrons. The van der Waals surface area contributed by atoms with Gasteiger partial charge in [0.25, 0.3) is 5.91 Å². The molecule has 0 unspecified atom stereocenters. The molecule has 2 aromatic carbocycles. The first-order chi connectivity index (χ1) is 12.4. The molecule has 3 rings (SSSR count). The molecule has 0 fully saturated rings. The van der Waals surface area contributed by atoms with E-state index in [9.17, 15) is 9.59 Å². The third-order valence-corrected chi connectivity index (χ3v) is 4.94. The predicted octanol–water partition coefficient (Wildman–Crippen LogP) is 3.48. The minimum absolute atomic E-state index is 0.225. The van der Waals surface area contributed by atoms with Gasteiger partial charge in [-0.15, -0.1) is 0 Å². The Balaban J connectivity index is 1.81. The molecule has 0 aliphatic heterocycles. The van der Waals surface area contributed by atoms with Crippen LogP contribution in [0.15, 0.2) is 59.2 Å². The van der Waals surface area contributed by atoms with E-state index in [0.717, 1.165) is 20.9 Å². The molecule has 0 aliphatic rings. The lowest BCUT2D eigenvalue weighted by atomic mass is 10.0. The van der Waals surface area contributed by atoms with Crippen LogP contribution >= 0.6 is 27.5 Å². The molecule has 0 spiro atoms. The quantitative estimate of drug-likeness (QED) is 0.647. The Bertz CT molecular complexity index is 993. The number of amides is 2. The molecule has 0 saturated heterocycles. The zero-order valence-corrected chi connectivity index (χ0v) is 15.9. The largest absolute Gasteiger partial charge is 0.368 e. The number of primary amides is 1. The van der Waals surface area contributed by atoms with E-state index in [1.165, 1.54) is 6.20 Å². The number of fused-ring (bicyclic) bond motifs is 1. The SMILES string of the molecule is NC(=O)[C@H](Cc1cc(Cl)ccc1Br)NC(=O)c1cnc2ccccc2c1. The second-order valence-corrected chi connectivity index (χ2v) is 7.08. The van der Waals surface area contributed by atoms with Crippen LogP contribution in [0.25, 0.3) is 10.9 Å². The van der Waals surface area contributed by atoms with Crippen molar-refractivity contribution in [3.05, 3.63) is 75.4 Å². The van der Waals surface area contributed by atoms with Crippen LogP contribution in [-0.2, 0) is 11.2 Å². The van der Waals surface area contributed by atoms with E-state index in [-0.39, 0.29) is 6.42 Å². The average molecular weight is 433 g/mol. The van der Waals surface area contributed by atoms with Gasteiger partial charge in [0.05, 0.1) is 11.1 Å². The summed E-state index contributed by atoms with van der Waals surface area (Å²) in [7, 11) is 0. The van der Waals surface area contributed by atoms with Crippen molar-refractivity contribution < 1.29 is 9.59 Å². The van der Waals surface area contributed by atoms with Gasteiger partial charge in [0.2, 0.25) is 5.91 Å². The predicted molar refractivity (Wildman–Crippen MR) is 105 cm³/mol. The number of nitrogens with zero attached hydrogens (tertiary/aromatic N) is 1. The number of para-hydroxylation sites is 1. The number of rotatable bonds is 5. The second kappa shape index (κ2) is 7.85. The van der Waals surface area contributed by atoms with E-state index in [4.69, 9.17) is 17.3 Å². The summed E-state index contributed by atoms with van der Waals surface area (Å²) in [5.41, 5.74) is 7.40. The van der Waals surface area contributed by atoms with Crippen LogP contribution in [0.5, 0.6) is 0 Å². The van der Waals surface area contributed by atoms with Crippen molar-refractivity contribution in [3.8, 4) is 0 Å². The topological polar surface area (TPSA) is 85.1 Å². The summed E-state index contributed by atoms with van der Waals surface area (Å²) in [5, 5.41) is 4.05. The molecule has 1 aromatic heterocycles. The lowest BCUT2D eigenvalue weighted by molar-refractivity contribution is -0.119. The molecule has 2 amide bonds. The van der Waals surface area contributed by atoms with Crippen LogP contribution in [0.1, 0.15) is 15.9 Å². The van der Waals surface area contributed by atoms with Gasteiger partial charge in [-0.2, -0.15) is 0 Å². The Labute approximate surface area is 163 Å². The number of carbonyl (C=O) groups is 2. The summed E-state index contributed by atoms with van der Waals surface area (Å²) in [4.78, 5) is 28.6. The standard InChI is InChI=1S/C19H15BrClN3O2/c20-15-6-5-14(21)8-12(15)9-17(18(22)25)24-19(26)13-7-11-3-1-2-4-16(11)23-10-13/h1-8,10,17H,9H2,(H2,22,25)(H,24,26)/t17-/m0/s1. The van der Waals surface area contributed by atoms with Crippen molar-refractivity contribution in [2.45, 2.75) is 12.5 Å². The van der Waals surface area contributed by atoms with Crippen LogP contribution in [0.4, 0.5) is 0 Å². The third-order valence-electron chi connectivity index (χ3n) is 3.93. The van der Waals surface area contributed by atoms with E-state index in [2.05, 4.69) is 26.2 Å². The van der Waals surface area contributed by atoms with Crippen LogP contribution < -0.4 is 11.1 Å². The van der Waals surface area contributed by atoms with E-state index in [1.54, 1.807) is 24.3 Å². The number of nitrogens with two attached hydrogens (primary N) is 1. The van der Waals surface area contributed by atoms with Crippen molar-refractivity contribution in [1.29, 1.82) is 0 Å². The van der Waals surface area contributed by atoms with Gasteiger partial charge >= 0.3 is 0 Å². The molecule has 3 N–H and O–H groups in total. The molecule has 1 atom stereocenters. The molecule has 1 heterocycles. The number of pyridine rings is 1. The van der Waals surface area contributed by atoms with Crippen molar-refractivity contribution in [2.24, 2.45) is 5.73 Å². The number of carbonyl (C=O) groups excluding carboxylic acids is 2. The zero-order chi connectivity index (χ0) is 18.7. The van der Waals surface area contributed by atoms with E-state index in [0.29, 0.717) is 10.6 Å². The van der Waals surface area contributed by atoms with Crippen LogP contribution in [0, 0.1) is 0 Å². The fourth-order valence-electron chi connectivity index (χ4n) is 2.58. The lowest BCUT2D eigenvalue weighted by Crippen LogP contribution is -2.45. The molecular weight excluding hydrogens is 418 g/mol. The van der Waals surface area contributed by atoms with Gasteiger partial charge in [0.1, 0.15) is 6.04 Å². The molecule has 132 valence electrons. The molecule has 0 aliphatic carbocycles. The summed E-state index contributed by atoms with van der Waals surface area (Å²) in [6.07, 6.45) is 1.70. The minimum Gasteiger partial charge on any atom is -0.368 e. The zero-order valence-electron chi connectivity index (χ0n) is 13.6. The first-order valence-electron chi connectivity index (χ1n) is 7.83. The van der Waals surface area contributed by atoms with Crippen molar-refractivity contribution in [1.82, 2.24) is 10.3 Å². The molecule has 26 heavy (non-hydrogen) atoms. The molecule has 3 aromatic rings. The van der Waals surface area contributed by atoms with Crippen LogP contribution in [-0.4, -0.2) is 22.8 Å². The Morgan fingerprint density at radius 1 is 1.19 bits per heavy atom. The van der Waals surface area contributed by atoms with Crippen molar-refractivity contribution in [3.63, 3.8) is 0 Å². The summed E-state index contributed by atoms with van der Waals surface area (Å²) >= 11 is 9.42. The number of aromatic nitrogens is 1. The molecule has 0 bridgehead atoms. The first kappa shape index (κ1) is 18.4. The van der Waals surface area contributed by atoms with Crippen molar-refractivity contribution >= 4 is 50.2 Å². The van der Waals surface area contributed by atoms with Crippen LogP contribution in [0.2, 0.25) is 5.02 Å². The Hall–Kier alpha value is -2.44. The normalized spacial score (nSPS) is 11.9. The van der Waals surface area contributed by atoms with Crippen molar-refractivity contribution in [2.75, 3.05) is 0 Å². The first-order valence-corrected chi connectivity index (χ1v) is 9.00.